The highest BCUT2D eigenvalue weighted by molar-refractivity contribution is 5.69. The molecule has 1 atom stereocenters. The highest BCUT2D eigenvalue weighted by Gasteiger charge is 2.30. The maximum absolute atomic E-state index is 11.1. The van der Waals surface area contributed by atoms with E-state index in [2.05, 4.69) is 13.8 Å². The molecule has 0 unspecified atom stereocenters. The molecule has 0 spiro atoms. The first-order chi connectivity index (χ1) is 5.63. The third-order valence-corrected chi connectivity index (χ3v) is 1.80. The Morgan fingerprint density at radius 2 is 2.42 bits per heavy atom. The van der Waals surface area contributed by atoms with Gasteiger partial charge in [-0.05, 0) is 5.92 Å². The summed E-state index contributed by atoms with van der Waals surface area (Å²) in [5.74, 6) is 0.481. The SMILES string of the molecule is CC(C)CN1C[C@H](CN)OC1=O. The fourth-order valence-corrected chi connectivity index (χ4v) is 1.29. The van der Waals surface area contributed by atoms with E-state index in [1.807, 2.05) is 0 Å². The summed E-state index contributed by atoms with van der Waals surface area (Å²) in [6, 6.07) is 0. The second-order valence-corrected chi connectivity index (χ2v) is 3.54. The highest BCUT2D eigenvalue weighted by Crippen LogP contribution is 2.11. The monoisotopic (exact) mass is 172 g/mol. The van der Waals surface area contributed by atoms with Crippen LogP contribution in [0.15, 0.2) is 0 Å². The van der Waals surface area contributed by atoms with E-state index in [0.29, 0.717) is 19.0 Å². The Morgan fingerprint density at radius 3 is 2.83 bits per heavy atom. The highest BCUT2D eigenvalue weighted by atomic mass is 16.6. The average molecular weight is 172 g/mol. The quantitative estimate of drug-likeness (QED) is 0.671. The number of ether oxygens (including phenoxy) is 1. The molecule has 1 fully saturated rings. The standard InChI is InChI=1S/C8H16N2O2/c1-6(2)4-10-5-7(3-9)12-8(10)11/h6-7H,3-5,9H2,1-2H3/t7-/m0/s1. The summed E-state index contributed by atoms with van der Waals surface area (Å²) in [5.41, 5.74) is 5.39. The lowest BCUT2D eigenvalue weighted by Gasteiger charge is -2.14. The minimum Gasteiger partial charge on any atom is -0.443 e. The molecule has 2 N–H and O–H groups in total. The first-order valence-corrected chi connectivity index (χ1v) is 4.29. The van der Waals surface area contributed by atoms with Crippen LogP contribution in [0.3, 0.4) is 0 Å². The zero-order valence-corrected chi connectivity index (χ0v) is 7.62. The van der Waals surface area contributed by atoms with Crippen LogP contribution in [0.2, 0.25) is 0 Å². The van der Waals surface area contributed by atoms with Crippen molar-refractivity contribution in [1.29, 1.82) is 0 Å². The van der Waals surface area contributed by atoms with E-state index in [-0.39, 0.29) is 12.2 Å². The Balaban J connectivity index is 2.41. The van der Waals surface area contributed by atoms with Crippen LogP contribution in [-0.4, -0.2) is 36.7 Å². The van der Waals surface area contributed by atoms with E-state index in [1.54, 1.807) is 4.90 Å². The molecule has 1 rings (SSSR count). The van der Waals surface area contributed by atoms with Crippen molar-refractivity contribution in [2.75, 3.05) is 19.6 Å². The minimum atomic E-state index is -0.223. The molecule has 0 aromatic carbocycles. The zero-order chi connectivity index (χ0) is 9.14. The number of amides is 1. The number of carbonyl (C=O) groups excluding carboxylic acids is 1. The maximum Gasteiger partial charge on any atom is 0.410 e. The van der Waals surface area contributed by atoms with Crippen molar-refractivity contribution < 1.29 is 9.53 Å². The van der Waals surface area contributed by atoms with E-state index < -0.39 is 0 Å². The van der Waals surface area contributed by atoms with Crippen LogP contribution in [0.5, 0.6) is 0 Å². The molecule has 1 aliphatic heterocycles. The molecular formula is C8H16N2O2. The van der Waals surface area contributed by atoms with Crippen LogP contribution in [0.25, 0.3) is 0 Å². The lowest BCUT2D eigenvalue weighted by atomic mass is 10.2. The van der Waals surface area contributed by atoms with Gasteiger partial charge < -0.3 is 15.4 Å². The van der Waals surface area contributed by atoms with Gasteiger partial charge in [0, 0.05) is 13.1 Å². The predicted octanol–water partition coefficient (Wildman–Crippen LogP) is 0.422. The van der Waals surface area contributed by atoms with Gasteiger partial charge in [0.1, 0.15) is 6.10 Å². The molecule has 0 aliphatic carbocycles. The van der Waals surface area contributed by atoms with Crippen molar-refractivity contribution in [3.63, 3.8) is 0 Å². The smallest absolute Gasteiger partial charge is 0.410 e. The summed E-state index contributed by atoms with van der Waals surface area (Å²) in [7, 11) is 0. The van der Waals surface area contributed by atoms with Crippen molar-refractivity contribution in [3.8, 4) is 0 Å². The van der Waals surface area contributed by atoms with E-state index in [1.165, 1.54) is 0 Å². The van der Waals surface area contributed by atoms with E-state index in [0.717, 1.165) is 6.54 Å². The van der Waals surface area contributed by atoms with E-state index >= 15 is 0 Å². The lowest BCUT2D eigenvalue weighted by Crippen LogP contribution is -2.30. The normalized spacial score (nSPS) is 23.5. The Kier molecular flexibility index (Phi) is 2.92. The molecule has 1 amide bonds. The van der Waals surface area contributed by atoms with Gasteiger partial charge in [-0.1, -0.05) is 13.8 Å². The summed E-state index contributed by atoms with van der Waals surface area (Å²) in [6.45, 7) is 5.97. The van der Waals surface area contributed by atoms with Gasteiger partial charge in [-0.2, -0.15) is 0 Å². The Labute approximate surface area is 72.7 Å². The maximum atomic E-state index is 11.1. The number of carbonyl (C=O) groups is 1. The molecule has 70 valence electrons. The fraction of sp³-hybridized carbons (Fsp3) is 0.875. The predicted molar refractivity (Wildman–Crippen MR) is 45.7 cm³/mol. The number of nitrogens with zero attached hydrogens (tertiary/aromatic N) is 1. The van der Waals surface area contributed by atoms with Crippen LogP contribution in [0.1, 0.15) is 13.8 Å². The number of hydrogen-bond donors (Lipinski definition) is 1. The second-order valence-electron chi connectivity index (χ2n) is 3.54. The third kappa shape index (κ3) is 2.11. The Hall–Kier alpha value is -0.770. The van der Waals surface area contributed by atoms with Gasteiger partial charge in [0.15, 0.2) is 0 Å². The molecular weight excluding hydrogens is 156 g/mol. The molecule has 0 radical (unpaired) electrons. The Morgan fingerprint density at radius 1 is 1.75 bits per heavy atom. The minimum absolute atomic E-state index is 0.101. The number of hydrogen-bond acceptors (Lipinski definition) is 3. The van der Waals surface area contributed by atoms with E-state index in [4.69, 9.17) is 10.5 Å². The molecule has 12 heavy (non-hydrogen) atoms. The third-order valence-electron chi connectivity index (χ3n) is 1.80. The van der Waals surface area contributed by atoms with Crippen LogP contribution >= 0.6 is 0 Å². The summed E-state index contributed by atoms with van der Waals surface area (Å²) in [6.07, 6.45) is -0.324. The van der Waals surface area contributed by atoms with Crippen molar-refractivity contribution in [2.24, 2.45) is 11.7 Å². The molecule has 1 heterocycles. The first kappa shape index (κ1) is 9.32. The van der Waals surface area contributed by atoms with Gasteiger partial charge in [-0.15, -0.1) is 0 Å². The lowest BCUT2D eigenvalue weighted by molar-refractivity contribution is 0.133. The number of nitrogens with two attached hydrogens (primary N) is 1. The van der Waals surface area contributed by atoms with Crippen molar-refractivity contribution in [2.45, 2.75) is 20.0 Å². The van der Waals surface area contributed by atoms with Gasteiger partial charge in [-0.25, -0.2) is 4.79 Å². The van der Waals surface area contributed by atoms with Gasteiger partial charge >= 0.3 is 6.09 Å². The second kappa shape index (κ2) is 3.76. The van der Waals surface area contributed by atoms with Gasteiger partial charge in [0.05, 0.1) is 6.54 Å². The van der Waals surface area contributed by atoms with Crippen LogP contribution in [-0.2, 0) is 4.74 Å². The van der Waals surface area contributed by atoms with Crippen LogP contribution < -0.4 is 5.73 Å². The summed E-state index contributed by atoms with van der Waals surface area (Å²) in [4.78, 5) is 12.8. The topological polar surface area (TPSA) is 55.6 Å². The summed E-state index contributed by atoms with van der Waals surface area (Å²) < 4.78 is 4.99. The first-order valence-electron chi connectivity index (χ1n) is 4.29. The average Bonchev–Trinajstić information content (AvgIpc) is 2.31. The van der Waals surface area contributed by atoms with Crippen molar-refractivity contribution in [3.05, 3.63) is 0 Å². The molecule has 0 aromatic rings. The molecule has 0 bridgehead atoms. The van der Waals surface area contributed by atoms with E-state index in [9.17, 15) is 4.79 Å². The largest absolute Gasteiger partial charge is 0.443 e. The molecule has 4 heteroatoms. The zero-order valence-electron chi connectivity index (χ0n) is 7.62. The van der Waals surface area contributed by atoms with Crippen molar-refractivity contribution >= 4 is 6.09 Å². The van der Waals surface area contributed by atoms with Crippen LogP contribution in [0, 0.1) is 5.92 Å². The molecule has 1 saturated heterocycles. The summed E-state index contributed by atoms with van der Waals surface area (Å²) in [5, 5.41) is 0. The molecule has 0 aromatic heterocycles. The molecule has 1 aliphatic rings. The molecule has 0 saturated carbocycles. The van der Waals surface area contributed by atoms with Crippen LogP contribution in [0.4, 0.5) is 4.79 Å². The number of rotatable bonds is 3. The number of cyclic esters (lactones) is 1. The Bertz CT molecular complexity index is 170. The van der Waals surface area contributed by atoms with Crippen molar-refractivity contribution in [1.82, 2.24) is 4.90 Å². The fourth-order valence-electron chi connectivity index (χ4n) is 1.29. The summed E-state index contributed by atoms with van der Waals surface area (Å²) >= 11 is 0. The van der Waals surface area contributed by atoms with Gasteiger partial charge in [0.2, 0.25) is 0 Å². The molecule has 4 nitrogen and oxygen atoms in total. The van der Waals surface area contributed by atoms with Gasteiger partial charge in [-0.3, -0.25) is 0 Å². The van der Waals surface area contributed by atoms with Gasteiger partial charge in [0.25, 0.3) is 0 Å².